The highest BCUT2D eigenvalue weighted by molar-refractivity contribution is 6.32. The van der Waals surface area contributed by atoms with E-state index in [2.05, 4.69) is 6.58 Å². The molecule has 0 amide bonds. The van der Waals surface area contributed by atoms with Crippen molar-refractivity contribution in [3.8, 4) is 5.75 Å². The number of halogens is 1. The second kappa shape index (κ2) is 7.71. The number of nitrogens with zero attached hydrogens (tertiary/aromatic N) is 1. The van der Waals surface area contributed by atoms with E-state index in [4.69, 9.17) is 16.3 Å². The Bertz CT molecular complexity index is 421. The molecule has 1 aromatic rings. The molecular formula is C13H16ClNO3. The molecule has 1 rings (SSSR count). The van der Waals surface area contributed by atoms with Crippen LogP contribution in [0.5, 0.6) is 5.75 Å². The zero-order chi connectivity index (χ0) is 13.4. The van der Waals surface area contributed by atoms with Gasteiger partial charge in [-0.25, -0.2) is 0 Å². The lowest BCUT2D eigenvalue weighted by molar-refractivity contribution is -0.384. The molecule has 0 N–H and O–H groups in total. The Morgan fingerprint density at radius 1 is 1.39 bits per heavy atom. The molecule has 18 heavy (non-hydrogen) atoms. The molecule has 0 bridgehead atoms. The van der Waals surface area contributed by atoms with E-state index in [0.29, 0.717) is 17.4 Å². The van der Waals surface area contributed by atoms with Crippen molar-refractivity contribution < 1.29 is 9.66 Å². The summed E-state index contributed by atoms with van der Waals surface area (Å²) in [7, 11) is 0. The SMILES string of the molecule is C=CCCCCCOc1cc([N+](=O)[O-])ccc1Cl. The van der Waals surface area contributed by atoms with E-state index in [1.54, 1.807) is 0 Å². The van der Waals surface area contributed by atoms with Crippen LogP contribution < -0.4 is 4.74 Å². The van der Waals surface area contributed by atoms with Crippen molar-refractivity contribution in [1.29, 1.82) is 0 Å². The molecule has 0 aromatic heterocycles. The smallest absolute Gasteiger partial charge is 0.273 e. The van der Waals surface area contributed by atoms with Crippen molar-refractivity contribution in [2.24, 2.45) is 0 Å². The van der Waals surface area contributed by atoms with Crippen molar-refractivity contribution in [3.63, 3.8) is 0 Å². The number of unbranched alkanes of at least 4 members (excludes halogenated alkanes) is 3. The van der Waals surface area contributed by atoms with Gasteiger partial charge in [-0.3, -0.25) is 10.1 Å². The van der Waals surface area contributed by atoms with Crippen LogP contribution in [0, 0.1) is 10.1 Å². The van der Waals surface area contributed by atoms with Crippen LogP contribution in [-0.4, -0.2) is 11.5 Å². The minimum Gasteiger partial charge on any atom is -0.492 e. The maximum Gasteiger partial charge on any atom is 0.273 e. The van der Waals surface area contributed by atoms with E-state index in [-0.39, 0.29) is 5.69 Å². The van der Waals surface area contributed by atoms with Gasteiger partial charge in [0.25, 0.3) is 5.69 Å². The van der Waals surface area contributed by atoms with Crippen LogP contribution >= 0.6 is 11.6 Å². The average Bonchev–Trinajstić information content (AvgIpc) is 2.35. The van der Waals surface area contributed by atoms with Gasteiger partial charge in [0, 0.05) is 6.07 Å². The van der Waals surface area contributed by atoms with E-state index in [9.17, 15) is 10.1 Å². The zero-order valence-electron chi connectivity index (χ0n) is 10.1. The van der Waals surface area contributed by atoms with Gasteiger partial charge in [0.05, 0.1) is 22.6 Å². The minimum atomic E-state index is -0.465. The number of nitro groups is 1. The lowest BCUT2D eigenvalue weighted by Gasteiger charge is -2.07. The summed E-state index contributed by atoms with van der Waals surface area (Å²) >= 11 is 5.90. The van der Waals surface area contributed by atoms with Crippen molar-refractivity contribution in [2.75, 3.05) is 6.61 Å². The highest BCUT2D eigenvalue weighted by atomic mass is 35.5. The number of hydrogen-bond acceptors (Lipinski definition) is 3. The van der Waals surface area contributed by atoms with Gasteiger partial charge in [-0.2, -0.15) is 0 Å². The third kappa shape index (κ3) is 4.75. The van der Waals surface area contributed by atoms with E-state index >= 15 is 0 Å². The normalized spacial score (nSPS) is 10.1. The van der Waals surface area contributed by atoms with Gasteiger partial charge >= 0.3 is 0 Å². The molecule has 0 radical (unpaired) electrons. The summed E-state index contributed by atoms with van der Waals surface area (Å²) in [5.41, 5.74) is -0.0129. The topological polar surface area (TPSA) is 52.4 Å². The van der Waals surface area contributed by atoms with Crippen LogP contribution in [0.4, 0.5) is 5.69 Å². The van der Waals surface area contributed by atoms with E-state index < -0.39 is 4.92 Å². The van der Waals surface area contributed by atoms with E-state index in [1.165, 1.54) is 18.2 Å². The zero-order valence-corrected chi connectivity index (χ0v) is 10.9. The van der Waals surface area contributed by atoms with Crippen molar-refractivity contribution in [2.45, 2.75) is 25.7 Å². The number of hydrogen-bond donors (Lipinski definition) is 0. The fraction of sp³-hybridized carbons (Fsp3) is 0.385. The fourth-order valence-corrected chi connectivity index (χ4v) is 1.64. The first kappa shape index (κ1) is 14.5. The second-order valence-electron chi connectivity index (χ2n) is 3.86. The number of rotatable bonds is 8. The number of nitro benzene ring substituents is 1. The first-order chi connectivity index (χ1) is 8.65. The van der Waals surface area contributed by atoms with Crippen LogP contribution in [0.2, 0.25) is 5.02 Å². The summed E-state index contributed by atoms with van der Waals surface area (Å²) in [4.78, 5) is 10.1. The number of ether oxygens (including phenoxy) is 1. The van der Waals surface area contributed by atoms with Crippen LogP contribution in [0.25, 0.3) is 0 Å². The Morgan fingerprint density at radius 3 is 2.83 bits per heavy atom. The van der Waals surface area contributed by atoms with Crippen molar-refractivity contribution in [3.05, 3.63) is 46.0 Å². The number of allylic oxidation sites excluding steroid dienone is 1. The molecule has 1 aromatic carbocycles. The molecule has 0 aliphatic carbocycles. The average molecular weight is 270 g/mol. The minimum absolute atomic E-state index is 0.0129. The Balaban J connectivity index is 2.43. The summed E-state index contributed by atoms with van der Waals surface area (Å²) in [6, 6.07) is 4.19. The molecule has 0 atom stereocenters. The molecule has 4 nitrogen and oxygen atoms in total. The molecule has 0 saturated heterocycles. The molecule has 0 saturated carbocycles. The maximum absolute atomic E-state index is 10.6. The largest absolute Gasteiger partial charge is 0.492 e. The van der Waals surface area contributed by atoms with Crippen LogP contribution in [0.1, 0.15) is 25.7 Å². The van der Waals surface area contributed by atoms with Gasteiger partial charge in [-0.15, -0.1) is 6.58 Å². The Morgan fingerprint density at radius 2 is 2.17 bits per heavy atom. The molecule has 0 aliphatic heterocycles. The monoisotopic (exact) mass is 269 g/mol. The Hall–Kier alpha value is -1.55. The summed E-state index contributed by atoms with van der Waals surface area (Å²) in [5, 5.41) is 11.0. The van der Waals surface area contributed by atoms with Crippen molar-refractivity contribution in [1.82, 2.24) is 0 Å². The standard InChI is InChI=1S/C13H16ClNO3/c1-2-3-4-5-6-9-18-13-10-11(15(16)17)7-8-12(13)14/h2,7-8,10H,1,3-6,9H2. The first-order valence-corrected chi connectivity index (χ1v) is 6.20. The summed E-state index contributed by atoms with van der Waals surface area (Å²) in [5.74, 6) is 0.370. The molecule has 5 heteroatoms. The number of non-ortho nitro benzene ring substituents is 1. The molecule has 0 heterocycles. The lowest BCUT2D eigenvalue weighted by atomic mass is 10.2. The van der Waals surface area contributed by atoms with Crippen LogP contribution in [-0.2, 0) is 0 Å². The Labute approximate surface area is 111 Å². The van der Waals surface area contributed by atoms with Crippen LogP contribution in [0.15, 0.2) is 30.9 Å². The van der Waals surface area contributed by atoms with Gasteiger partial charge < -0.3 is 4.74 Å². The third-order valence-electron chi connectivity index (χ3n) is 2.44. The first-order valence-electron chi connectivity index (χ1n) is 5.83. The molecule has 0 spiro atoms. The van der Waals surface area contributed by atoms with Crippen LogP contribution in [0.3, 0.4) is 0 Å². The van der Waals surface area contributed by atoms with E-state index in [0.717, 1.165) is 25.7 Å². The maximum atomic E-state index is 10.6. The third-order valence-corrected chi connectivity index (χ3v) is 2.75. The van der Waals surface area contributed by atoms with Gasteiger partial charge in [0.2, 0.25) is 0 Å². The van der Waals surface area contributed by atoms with Gasteiger partial charge in [0.1, 0.15) is 5.75 Å². The molecule has 0 fully saturated rings. The van der Waals surface area contributed by atoms with Gasteiger partial charge in [0.15, 0.2) is 0 Å². The quantitative estimate of drug-likeness (QED) is 0.305. The summed E-state index contributed by atoms with van der Waals surface area (Å²) in [6.45, 7) is 4.16. The molecular weight excluding hydrogens is 254 g/mol. The summed E-state index contributed by atoms with van der Waals surface area (Å²) < 4.78 is 5.45. The summed E-state index contributed by atoms with van der Waals surface area (Å²) in [6.07, 6.45) is 5.90. The Kier molecular flexibility index (Phi) is 6.22. The number of benzene rings is 1. The van der Waals surface area contributed by atoms with Gasteiger partial charge in [-0.1, -0.05) is 17.7 Å². The van der Waals surface area contributed by atoms with Crippen molar-refractivity contribution >= 4 is 17.3 Å². The highest BCUT2D eigenvalue weighted by Gasteiger charge is 2.10. The predicted octanol–water partition coefficient (Wildman–Crippen LogP) is 4.37. The highest BCUT2D eigenvalue weighted by Crippen LogP contribution is 2.28. The molecule has 0 unspecified atom stereocenters. The predicted molar refractivity (Wildman–Crippen MR) is 72.3 cm³/mol. The molecule has 98 valence electrons. The second-order valence-corrected chi connectivity index (χ2v) is 4.27. The molecule has 0 aliphatic rings. The fourth-order valence-electron chi connectivity index (χ4n) is 1.47. The van der Waals surface area contributed by atoms with E-state index in [1.807, 2.05) is 6.08 Å². The lowest BCUT2D eigenvalue weighted by Crippen LogP contribution is -1.98. The van der Waals surface area contributed by atoms with Gasteiger partial charge in [-0.05, 0) is 31.7 Å².